The number of aliphatic hydroxyl groups excluding tert-OH is 1. The van der Waals surface area contributed by atoms with Crippen LogP contribution in [0.25, 0.3) is 0 Å². The second-order valence-corrected chi connectivity index (χ2v) is 12.9. The van der Waals surface area contributed by atoms with Gasteiger partial charge in [0.15, 0.2) is 5.69 Å². The summed E-state index contributed by atoms with van der Waals surface area (Å²) in [6, 6.07) is 0. The average molecular weight is 556 g/mol. The molecule has 10 heteroatoms. The molecule has 0 aliphatic heterocycles. The third-order valence-electron chi connectivity index (χ3n) is 6.26. The smallest absolute Gasteiger partial charge is 0.362 e. The first kappa shape index (κ1) is 35.0. The highest BCUT2D eigenvalue weighted by atomic mass is 16.6. The van der Waals surface area contributed by atoms with Crippen LogP contribution in [-0.4, -0.2) is 74.3 Å². The highest BCUT2D eigenvalue weighted by molar-refractivity contribution is 6.00. The van der Waals surface area contributed by atoms with Crippen LogP contribution in [-0.2, 0) is 25.5 Å². The minimum Gasteiger partial charge on any atom is -0.455 e. The fourth-order valence-corrected chi connectivity index (χ4v) is 3.63. The predicted octanol–water partition coefficient (Wildman–Crippen LogP) is 5.50. The number of rotatable bonds is 17. The zero-order valence-electron chi connectivity index (χ0n) is 26.0. The SMILES string of the molecule is CCC(C)(CCOC(C)(C)C)OC(=O)c1c(C(=O)OC(C)(C)CCOC(C)(C)C)nnn1CCCCCCO. The standard InChI is InChI=1S/C29H53N3O7/c1-11-29(10,17-21-37-27(5,6)7)39-25(35)23-22(30-31-32(23)18-14-12-13-15-19-33)24(34)38-28(8,9)16-20-36-26(2,3)4/h33H,11-21H2,1-10H3. The summed E-state index contributed by atoms with van der Waals surface area (Å²) in [5.74, 6) is -1.40. The van der Waals surface area contributed by atoms with Gasteiger partial charge in [0.05, 0.1) is 24.4 Å². The summed E-state index contributed by atoms with van der Waals surface area (Å²) in [5.41, 5.74) is -2.44. The normalized spacial score (nSPS) is 14.2. The average Bonchev–Trinajstić information content (AvgIpc) is 3.21. The Bertz CT molecular complexity index is 900. The molecule has 0 saturated carbocycles. The molecule has 0 saturated heterocycles. The van der Waals surface area contributed by atoms with Gasteiger partial charge in [0.2, 0.25) is 5.69 Å². The Kier molecular flexibility index (Phi) is 13.5. The number of unbranched alkanes of at least 4 members (excludes halogenated alkanes) is 3. The van der Waals surface area contributed by atoms with Crippen molar-refractivity contribution in [1.82, 2.24) is 15.0 Å². The lowest BCUT2D eigenvalue weighted by Crippen LogP contribution is -2.36. The fraction of sp³-hybridized carbons (Fsp3) is 0.862. The van der Waals surface area contributed by atoms with E-state index in [1.807, 2.05) is 55.4 Å². The summed E-state index contributed by atoms with van der Waals surface area (Å²) in [6.45, 7) is 20.6. The molecule has 1 aromatic heterocycles. The van der Waals surface area contributed by atoms with Crippen LogP contribution in [0.3, 0.4) is 0 Å². The van der Waals surface area contributed by atoms with Gasteiger partial charge in [-0.3, -0.25) is 0 Å². The van der Waals surface area contributed by atoms with Crippen LogP contribution in [0.1, 0.15) is 135 Å². The van der Waals surface area contributed by atoms with Crippen LogP contribution in [0.5, 0.6) is 0 Å². The fourth-order valence-electron chi connectivity index (χ4n) is 3.63. The highest BCUT2D eigenvalue weighted by Crippen LogP contribution is 2.25. The van der Waals surface area contributed by atoms with E-state index in [1.165, 1.54) is 4.68 Å². The number of hydrogen-bond donors (Lipinski definition) is 1. The van der Waals surface area contributed by atoms with E-state index in [9.17, 15) is 9.59 Å². The Hall–Kier alpha value is -2.04. The monoisotopic (exact) mass is 555 g/mol. The van der Waals surface area contributed by atoms with Gasteiger partial charge in [-0.15, -0.1) is 5.10 Å². The van der Waals surface area contributed by atoms with Crippen LogP contribution in [0.4, 0.5) is 0 Å². The first-order valence-corrected chi connectivity index (χ1v) is 14.2. The maximum Gasteiger partial charge on any atom is 0.362 e. The third kappa shape index (κ3) is 13.7. The zero-order valence-corrected chi connectivity index (χ0v) is 26.0. The summed E-state index contributed by atoms with van der Waals surface area (Å²) in [6.07, 6.45) is 4.64. The summed E-state index contributed by atoms with van der Waals surface area (Å²) < 4.78 is 24.8. The Morgan fingerprint density at radius 2 is 1.36 bits per heavy atom. The highest BCUT2D eigenvalue weighted by Gasteiger charge is 2.35. The van der Waals surface area contributed by atoms with Crippen LogP contribution >= 0.6 is 0 Å². The van der Waals surface area contributed by atoms with E-state index in [-0.39, 0.29) is 29.2 Å². The first-order valence-electron chi connectivity index (χ1n) is 14.2. The minimum atomic E-state index is -0.847. The molecular weight excluding hydrogens is 502 g/mol. The molecule has 0 fully saturated rings. The number of nitrogens with zero attached hydrogens (tertiary/aromatic N) is 3. The van der Waals surface area contributed by atoms with E-state index in [1.54, 1.807) is 13.8 Å². The van der Waals surface area contributed by atoms with E-state index in [2.05, 4.69) is 10.3 Å². The van der Waals surface area contributed by atoms with Gasteiger partial charge in [-0.05, 0) is 81.6 Å². The molecule has 1 rings (SSSR count). The predicted molar refractivity (Wildman–Crippen MR) is 150 cm³/mol. The molecule has 0 amide bonds. The maximum atomic E-state index is 13.5. The second-order valence-electron chi connectivity index (χ2n) is 12.9. The number of aryl methyl sites for hydroxylation is 1. The number of carbonyl (C=O) groups excluding carboxylic acids is 2. The molecule has 0 aliphatic rings. The van der Waals surface area contributed by atoms with Crippen LogP contribution < -0.4 is 0 Å². The van der Waals surface area contributed by atoms with Gasteiger partial charge in [0.1, 0.15) is 11.2 Å². The zero-order chi connectivity index (χ0) is 29.9. The molecule has 1 heterocycles. The minimum absolute atomic E-state index is 0.0136. The van der Waals surface area contributed by atoms with Crippen molar-refractivity contribution in [2.45, 2.75) is 143 Å². The van der Waals surface area contributed by atoms with Crippen molar-refractivity contribution in [3.63, 3.8) is 0 Å². The number of carbonyl (C=O) groups is 2. The largest absolute Gasteiger partial charge is 0.455 e. The van der Waals surface area contributed by atoms with E-state index >= 15 is 0 Å². The summed E-state index contributed by atoms with van der Waals surface area (Å²) in [7, 11) is 0. The van der Waals surface area contributed by atoms with Gasteiger partial charge in [0.25, 0.3) is 0 Å². The summed E-state index contributed by atoms with van der Waals surface area (Å²) in [5, 5.41) is 17.2. The first-order chi connectivity index (χ1) is 17.9. The van der Waals surface area contributed by atoms with Gasteiger partial charge in [-0.2, -0.15) is 0 Å². The molecule has 226 valence electrons. The molecule has 0 aromatic carbocycles. The van der Waals surface area contributed by atoms with Crippen molar-refractivity contribution in [2.24, 2.45) is 0 Å². The lowest BCUT2D eigenvalue weighted by molar-refractivity contribution is -0.0564. The molecule has 1 atom stereocenters. The maximum absolute atomic E-state index is 13.5. The van der Waals surface area contributed by atoms with E-state index < -0.39 is 23.1 Å². The number of aromatic nitrogens is 3. The number of ether oxygens (including phenoxy) is 4. The van der Waals surface area contributed by atoms with E-state index in [0.717, 1.165) is 12.8 Å². The van der Waals surface area contributed by atoms with Crippen molar-refractivity contribution in [3.8, 4) is 0 Å². The Balaban J connectivity index is 3.12. The molecule has 1 unspecified atom stereocenters. The van der Waals surface area contributed by atoms with Crippen molar-refractivity contribution >= 4 is 11.9 Å². The van der Waals surface area contributed by atoms with E-state index in [0.29, 0.717) is 51.9 Å². The quantitative estimate of drug-likeness (QED) is 0.196. The molecule has 1 N–H and O–H groups in total. The molecule has 39 heavy (non-hydrogen) atoms. The van der Waals surface area contributed by atoms with Crippen LogP contribution in [0.2, 0.25) is 0 Å². The van der Waals surface area contributed by atoms with Gasteiger partial charge < -0.3 is 24.1 Å². The summed E-state index contributed by atoms with van der Waals surface area (Å²) >= 11 is 0. The Morgan fingerprint density at radius 1 is 0.795 bits per heavy atom. The Labute approximate surface area is 235 Å². The van der Waals surface area contributed by atoms with Gasteiger partial charge in [-0.1, -0.05) is 25.0 Å². The molecule has 10 nitrogen and oxygen atoms in total. The van der Waals surface area contributed by atoms with E-state index in [4.69, 9.17) is 24.1 Å². The van der Waals surface area contributed by atoms with Gasteiger partial charge in [-0.25, -0.2) is 14.3 Å². The molecule has 0 radical (unpaired) electrons. The van der Waals surface area contributed by atoms with Crippen molar-refractivity contribution in [2.75, 3.05) is 19.8 Å². The molecule has 0 bridgehead atoms. The van der Waals surface area contributed by atoms with Gasteiger partial charge in [0, 0.05) is 26.0 Å². The molecule has 0 aliphatic carbocycles. The molecule has 0 spiro atoms. The van der Waals surface area contributed by atoms with Gasteiger partial charge >= 0.3 is 11.9 Å². The lowest BCUT2D eigenvalue weighted by atomic mass is 9.99. The number of aliphatic hydroxyl groups is 1. The number of esters is 2. The molecule has 1 aromatic rings. The molecular formula is C29H53N3O7. The van der Waals surface area contributed by atoms with Crippen LogP contribution in [0, 0.1) is 0 Å². The van der Waals surface area contributed by atoms with Crippen molar-refractivity contribution in [1.29, 1.82) is 0 Å². The lowest BCUT2D eigenvalue weighted by Gasteiger charge is -2.30. The summed E-state index contributed by atoms with van der Waals surface area (Å²) in [4.78, 5) is 26.8. The third-order valence-corrected chi connectivity index (χ3v) is 6.26. The topological polar surface area (TPSA) is 122 Å². The Morgan fingerprint density at radius 3 is 1.90 bits per heavy atom. The number of hydrogen-bond acceptors (Lipinski definition) is 9. The van der Waals surface area contributed by atoms with Crippen molar-refractivity contribution in [3.05, 3.63) is 11.4 Å². The second kappa shape index (κ2) is 15.1. The van der Waals surface area contributed by atoms with Crippen molar-refractivity contribution < 1.29 is 33.6 Å². The van der Waals surface area contributed by atoms with Crippen LogP contribution in [0.15, 0.2) is 0 Å².